The second-order valence-corrected chi connectivity index (χ2v) is 4.85. The number of Topliss-reactive ketones (excluding diaryl/α,β-unsaturated/α-hetero) is 1. The topological polar surface area (TPSA) is 43.1 Å². The van der Waals surface area contributed by atoms with E-state index >= 15 is 0 Å². The summed E-state index contributed by atoms with van der Waals surface area (Å²) < 4.78 is 13.3. The molecule has 2 aromatic carbocycles. The minimum absolute atomic E-state index is 0.0475. The number of anilines is 1. The molecule has 0 saturated carbocycles. The molecule has 0 radical (unpaired) electrons. The molecule has 0 fully saturated rings. The molecule has 4 heteroatoms. The molecule has 0 spiro atoms. The van der Waals surface area contributed by atoms with E-state index < -0.39 is 5.82 Å². The molecule has 0 amide bonds. The van der Waals surface area contributed by atoms with Crippen molar-refractivity contribution < 1.29 is 9.18 Å². The van der Waals surface area contributed by atoms with Crippen LogP contribution in [0.5, 0.6) is 0 Å². The molecule has 0 aliphatic heterocycles. The van der Waals surface area contributed by atoms with Crippen molar-refractivity contribution in [3.05, 3.63) is 63.9 Å². The van der Waals surface area contributed by atoms with Gasteiger partial charge in [-0.2, -0.15) is 0 Å². The van der Waals surface area contributed by atoms with Crippen LogP contribution in [0.25, 0.3) is 0 Å². The highest BCUT2D eigenvalue weighted by Crippen LogP contribution is 2.19. The lowest BCUT2D eigenvalue weighted by molar-refractivity contribution is 0.0993. The van der Waals surface area contributed by atoms with E-state index in [-0.39, 0.29) is 17.2 Å². The summed E-state index contributed by atoms with van der Waals surface area (Å²) in [5.41, 5.74) is 8.22. The average Bonchev–Trinajstić information content (AvgIpc) is 2.36. The van der Waals surface area contributed by atoms with Crippen LogP contribution in [0, 0.1) is 12.7 Å². The van der Waals surface area contributed by atoms with Crippen molar-refractivity contribution in [1.82, 2.24) is 0 Å². The Morgan fingerprint density at radius 1 is 1.26 bits per heavy atom. The maximum absolute atomic E-state index is 13.3. The first kappa shape index (κ1) is 13.6. The van der Waals surface area contributed by atoms with Gasteiger partial charge >= 0.3 is 0 Å². The molecule has 98 valence electrons. The summed E-state index contributed by atoms with van der Waals surface area (Å²) in [6, 6.07) is 9.63. The van der Waals surface area contributed by atoms with E-state index in [1.165, 1.54) is 12.1 Å². The summed E-state index contributed by atoms with van der Waals surface area (Å²) in [5, 5.41) is 0.0475. The lowest BCUT2D eigenvalue weighted by Crippen LogP contribution is -2.07. The Morgan fingerprint density at radius 3 is 2.68 bits per heavy atom. The van der Waals surface area contributed by atoms with E-state index in [2.05, 4.69) is 0 Å². The SMILES string of the molecule is Cc1ccc(N)c(C(=O)Cc2ccc(Cl)c(F)c2)c1. The quantitative estimate of drug-likeness (QED) is 0.685. The summed E-state index contributed by atoms with van der Waals surface area (Å²) >= 11 is 5.60. The number of rotatable bonds is 3. The number of aryl methyl sites for hydroxylation is 1. The van der Waals surface area contributed by atoms with Crippen molar-refractivity contribution in [2.75, 3.05) is 5.73 Å². The van der Waals surface area contributed by atoms with Crippen molar-refractivity contribution in [2.45, 2.75) is 13.3 Å². The van der Waals surface area contributed by atoms with E-state index in [1.54, 1.807) is 18.2 Å². The number of carbonyl (C=O) groups excluding carboxylic acids is 1. The highest BCUT2D eigenvalue weighted by atomic mass is 35.5. The second kappa shape index (κ2) is 5.41. The number of nitrogens with two attached hydrogens (primary N) is 1. The van der Waals surface area contributed by atoms with Crippen molar-refractivity contribution in [2.24, 2.45) is 0 Å². The maximum Gasteiger partial charge on any atom is 0.169 e. The number of ketones is 1. The van der Waals surface area contributed by atoms with Crippen molar-refractivity contribution >= 4 is 23.1 Å². The third-order valence-electron chi connectivity index (χ3n) is 2.86. The summed E-state index contributed by atoms with van der Waals surface area (Å²) in [5.74, 6) is -0.660. The fourth-order valence-electron chi connectivity index (χ4n) is 1.84. The third-order valence-corrected chi connectivity index (χ3v) is 3.16. The van der Waals surface area contributed by atoms with E-state index in [0.29, 0.717) is 16.8 Å². The van der Waals surface area contributed by atoms with Crippen LogP contribution < -0.4 is 5.73 Å². The van der Waals surface area contributed by atoms with Crippen LogP contribution in [-0.4, -0.2) is 5.78 Å². The summed E-state index contributed by atoms with van der Waals surface area (Å²) in [6.45, 7) is 1.89. The number of nitrogen functional groups attached to an aromatic ring is 1. The molecule has 0 aliphatic carbocycles. The number of halogens is 2. The van der Waals surface area contributed by atoms with E-state index in [0.717, 1.165) is 5.56 Å². The number of hydrogen-bond donors (Lipinski definition) is 1. The lowest BCUT2D eigenvalue weighted by Gasteiger charge is -2.06. The molecule has 0 aromatic heterocycles. The zero-order valence-electron chi connectivity index (χ0n) is 10.4. The highest BCUT2D eigenvalue weighted by molar-refractivity contribution is 6.30. The molecule has 19 heavy (non-hydrogen) atoms. The average molecular weight is 278 g/mol. The molecule has 2 rings (SSSR count). The van der Waals surface area contributed by atoms with Crippen LogP contribution >= 0.6 is 11.6 Å². The Bertz CT molecular complexity index is 640. The van der Waals surface area contributed by atoms with Crippen LogP contribution in [0.15, 0.2) is 36.4 Å². The van der Waals surface area contributed by atoms with Gasteiger partial charge in [-0.15, -0.1) is 0 Å². The highest BCUT2D eigenvalue weighted by Gasteiger charge is 2.12. The van der Waals surface area contributed by atoms with E-state index in [1.807, 2.05) is 13.0 Å². The van der Waals surface area contributed by atoms with Gasteiger partial charge < -0.3 is 5.73 Å². The van der Waals surface area contributed by atoms with E-state index in [4.69, 9.17) is 17.3 Å². The molecule has 2 nitrogen and oxygen atoms in total. The van der Waals surface area contributed by atoms with Gasteiger partial charge in [-0.25, -0.2) is 4.39 Å². The molecule has 2 N–H and O–H groups in total. The Kier molecular flexibility index (Phi) is 3.86. The maximum atomic E-state index is 13.3. The predicted octanol–water partition coefficient (Wildman–Crippen LogP) is 3.80. The molecular formula is C15H13ClFNO. The Hall–Kier alpha value is -1.87. The Morgan fingerprint density at radius 2 is 2.00 bits per heavy atom. The standard InChI is InChI=1S/C15H13ClFNO/c1-9-2-5-14(18)11(6-9)15(19)8-10-3-4-12(16)13(17)7-10/h2-7H,8,18H2,1H3. The predicted molar refractivity (Wildman–Crippen MR) is 75.0 cm³/mol. The van der Waals surface area contributed by atoms with Crippen LogP contribution in [-0.2, 0) is 6.42 Å². The summed E-state index contributed by atoms with van der Waals surface area (Å²) in [6.07, 6.45) is 0.0990. The van der Waals surface area contributed by atoms with Gasteiger partial charge in [-0.3, -0.25) is 4.79 Å². The monoisotopic (exact) mass is 277 g/mol. The summed E-state index contributed by atoms with van der Waals surface area (Å²) in [7, 11) is 0. The molecule has 2 aromatic rings. The minimum Gasteiger partial charge on any atom is -0.398 e. The largest absolute Gasteiger partial charge is 0.398 e. The van der Waals surface area contributed by atoms with Gasteiger partial charge in [-0.05, 0) is 36.8 Å². The first-order chi connectivity index (χ1) is 8.97. The molecule has 0 heterocycles. The van der Waals surface area contributed by atoms with Crippen LogP contribution in [0.3, 0.4) is 0 Å². The second-order valence-electron chi connectivity index (χ2n) is 4.44. The summed E-state index contributed by atoms with van der Waals surface area (Å²) in [4.78, 5) is 12.1. The zero-order valence-corrected chi connectivity index (χ0v) is 11.2. The normalized spacial score (nSPS) is 10.5. The van der Waals surface area contributed by atoms with Gasteiger partial charge in [0.15, 0.2) is 5.78 Å². The molecule has 0 saturated heterocycles. The first-order valence-electron chi connectivity index (χ1n) is 5.80. The van der Waals surface area contributed by atoms with Gasteiger partial charge in [-0.1, -0.05) is 29.3 Å². The van der Waals surface area contributed by atoms with Crippen molar-refractivity contribution in [1.29, 1.82) is 0 Å². The first-order valence-corrected chi connectivity index (χ1v) is 6.18. The Labute approximate surface area is 116 Å². The molecule has 0 atom stereocenters. The Balaban J connectivity index is 2.25. The molecular weight excluding hydrogens is 265 g/mol. The van der Waals surface area contributed by atoms with Crippen molar-refractivity contribution in [3.63, 3.8) is 0 Å². The van der Waals surface area contributed by atoms with Gasteiger partial charge in [0, 0.05) is 17.7 Å². The van der Waals surface area contributed by atoms with Crippen molar-refractivity contribution in [3.8, 4) is 0 Å². The minimum atomic E-state index is -0.524. The van der Waals surface area contributed by atoms with E-state index in [9.17, 15) is 9.18 Å². The molecule has 0 aliphatic rings. The third kappa shape index (κ3) is 3.12. The number of benzene rings is 2. The fraction of sp³-hybridized carbons (Fsp3) is 0.133. The smallest absolute Gasteiger partial charge is 0.169 e. The number of carbonyl (C=O) groups is 1. The van der Waals surface area contributed by atoms with Gasteiger partial charge in [0.1, 0.15) is 5.82 Å². The van der Waals surface area contributed by atoms with Gasteiger partial charge in [0.25, 0.3) is 0 Å². The molecule has 0 unspecified atom stereocenters. The van der Waals surface area contributed by atoms with Crippen LogP contribution in [0.4, 0.5) is 10.1 Å². The van der Waals surface area contributed by atoms with Crippen LogP contribution in [0.1, 0.15) is 21.5 Å². The van der Waals surface area contributed by atoms with Gasteiger partial charge in [0.05, 0.1) is 5.02 Å². The van der Waals surface area contributed by atoms with Crippen LogP contribution in [0.2, 0.25) is 5.02 Å². The fourth-order valence-corrected chi connectivity index (χ4v) is 1.96. The zero-order chi connectivity index (χ0) is 14.0. The molecule has 0 bridgehead atoms. The lowest BCUT2D eigenvalue weighted by atomic mass is 10.00. The number of hydrogen-bond acceptors (Lipinski definition) is 2. The van der Waals surface area contributed by atoms with Gasteiger partial charge in [0.2, 0.25) is 0 Å².